The van der Waals surface area contributed by atoms with Gasteiger partial charge in [0.15, 0.2) is 5.78 Å². The van der Waals surface area contributed by atoms with Crippen molar-refractivity contribution in [1.29, 1.82) is 0 Å². The van der Waals surface area contributed by atoms with Crippen molar-refractivity contribution in [2.75, 3.05) is 39.3 Å². The summed E-state index contributed by atoms with van der Waals surface area (Å²) in [6.45, 7) is 7.83. The Labute approximate surface area is 203 Å². The van der Waals surface area contributed by atoms with E-state index in [0.717, 1.165) is 37.9 Å². The first kappa shape index (κ1) is 25.8. The lowest BCUT2D eigenvalue weighted by Crippen LogP contribution is -2.37. The van der Waals surface area contributed by atoms with Crippen LogP contribution in [-0.4, -0.2) is 62.7 Å². The van der Waals surface area contributed by atoms with E-state index in [2.05, 4.69) is 24.1 Å². The summed E-state index contributed by atoms with van der Waals surface area (Å²) >= 11 is 6.45. The predicted molar refractivity (Wildman–Crippen MR) is 133 cm³/mol. The first-order valence-corrected chi connectivity index (χ1v) is 13.5. The number of carbonyl (C=O) groups is 1. The molecule has 0 saturated carbocycles. The van der Waals surface area contributed by atoms with Gasteiger partial charge in [-0.2, -0.15) is 4.31 Å². The number of carbonyl (C=O) groups excluding carboxylic acids is 1. The third kappa shape index (κ3) is 6.43. The van der Waals surface area contributed by atoms with E-state index < -0.39 is 10.0 Å². The van der Waals surface area contributed by atoms with E-state index in [1.165, 1.54) is 4.31 Å². The summed E-state index contributed by atoms with van der Waals surface area (Å²) in [5.74, 6) is -0.0747. The second kappa shape index (κ2) is 12.1. The van der Waals surface area contributed by atoms with Crippen LogP contribution >= 0.6 is 11.6 Å². The van der Waals surface area contributed by atoms with Gasteiger partial charge in [0.2, 0.25) is 10.0 Å². The Morgan fingerprint density at radius 1 is 1.03 bits per heavy atom. The fraction of sp³-hybridized carbons (Fsp3) is 0.480. The second-order valence-electron chi connectivity index (χ2n) is 8.30. The van der Waals surface area contributed by atoms with Gasteiger partial charge in [-0.1, -0.05) is 62.2 Å². The number of nitrogens with zero attached hydrogens (tertiary/aromatic N) is 2. The van der Waals surface area contributed by atoms with E-state index >= 15 is 0 Å². The Hall–Kier alpha value is -1.77. The quantitative estimate of drug-likeness (QED) is 0.473. The van der Waals surface area contributed by atoms with Gasteiger partial charge in [0, 0.05) is 36.3 Å². The zero-order chi connectivity index (χ0) is 23.8. The van der Waals surface area contributed by atoms with Crippen LogP contribution in [0.4, 0.5) is 0 Å². The fourth-order valence-corrected chi connectivity index (χ4v) is 6.12. The predicted octanol–water partition coefficient (Wildman–Crippen LogP) is 4.37. The largest absolute Gasteiger partial charge is 0.308 e. The van der Waals surface area contributed by atoms with E-state index in [9.17, 15) is 13.2 Å². The van der Waals surface area contributed by atoms with Crippen LogP contribution in [0.15, 0.2) is 53.4 Å². The molecule has 33 heavy (non-hydrogen) atoms. The molecule has 1 aliphatic rings. The molecule has 8 heteroatoms. The number of likely N-dealkylation sites (N-methyl/N-ethyl adjacent to an activating group) is 1. The summed E-state index contributed by atoms with van der Waals surface area (Å²) in [5, 5.41) is 3.99. The van der Waals surface area contributed by atoms with Gasteiger partial charge in [0.25, 0.3) is 0 Å². The van der Waals surface area contributed by atoms with E-state index in [1.807, 2.05) is 24.3 Å². The first-order chi connectivity index (χ1) is 15.9. The molecule has 2 aromatic rings. The molecular weight excluding hydrogens is 458 g/mol. The Bertz CT molecular complexity index is 1020. The lowest BCUT2D eigenvalue weighted by molar-refractivity contribution is 0.0986. The van der Waals surface area contributed by atoms with Crippen molar-refractivity contribution in [2.45, 2.75) is 44.0 Å². The average Bonchev–Trinajstić information content (AvgIpc) is 2.84. The van der Waals surface area contributed by atoms with Crippen LogP contribution < -0.4 is 5.32 Å². The summed E-state index contributed by atoms with van der Waals surface area (Å²) in [6.07, 6.45) is 2.85. The summed E-state index contributed by atoms with van der Waals surface area (Å²) < 4.78 is 27.2. The number of Topliss-reactive ketones (excluding diaryl/α,β-unsaturated/α-hetero) is 1. The minimum Gasteiger partial charge on any atom is -0.308 e. The number of sulfonamides is 1. The topological polar surface area (TPSA) is 69.7 Å². The number of hydrogen-bond donors (Lipinski definition) is 1. The van der Waals surface area contributed by atoms with Gasteiger partial charge in [-0.3, -0.25) is 9.69 Å². The molecule has 1 fully saturated rings. The Kier molecular flexibility index (Phi) is 9.47. The molecule has 1 saturated heterocycles. The maximum absolute atomic E-state index is 12.8. The molecule has 1 N–H and O–H groups in total. The van der Waals surface area contributed by atoms with Crippen LogP contribution in [0.2, 0.25) is 5.02 Å². The normalized spacial score (nSPS) is 16.1. The molecule has 1 atom stereocenters. The van der Waals surface area contributed by atoms with Gasteiger partial charge >= 0.3 is 0 Å². The molecule has 3 rings (SSSR count). The van der Waals surface area contributed by atoms with Crippen LogP contribution in [0.5, 0.6) is 0 Å². The van der Waals surface area contributed by atoms with Crippen LogP contribution in [0.25, 0.3) is 0 Å². The van der Waals surface area contributed by atoms with Crippen molar-refractivity contribution in [3.8, 4) is 0 Å². The van der Waals surface area contributed by atoms with Crippen LogP contribution in [0.1, 0.15) is 55.1 Å². The van der Waals surface area contributed by atoms with Crippen LogP contribution in [0.3, 0.4) is 0 Å². The number of hydrogen-bond acceptors (Lipinski definition) is 5. The van der Waals surface area contributed by atoms with E-state index in [4.69, 9.17) is 11.6 Å². The average molecular weight is 492 g/mol. The van der Waals surface area contributed by atoms with Crippen LogP contribution in [0, 0.1) is 0 Å². The number of benzene rings is 2. The minimum absolute atomic E-state index is 0.0542. The van der Waals surface area contributed by atoms with Crippen molar-refractivity contribution in [2.24, 2.45) is 0 Å². The molecule has 2 aromatic carbocycles. The third-order valence-corrected chi connectivity index (χ3v) is 8.53. The summed E-state index contributed by atoms with van der Waals surface area (Å²) in [4.78, 5) is 15.3. The molecular formula is C25H34ClN3O3S. The molecule has 0 radical (unpaired) electrons. The smallest absolute Gasteiger partial charge is 0.243 e. The maximum atomic E-state index is 12.8. The van der Waals surface area contributed by atoms with Crippen molar-refractivity contribution in [3.63, 3.8) is 0 Å². The van der Waals surface area contributed by atoms with Gasteiger partial charge in [0.1, 0.15) is 0 Å². The number of halogens is 1. The highest BCUT2D eigenvalue weighted by Gasteiger charge is 2.26. The van der Waals surface area contributed by atoms with E-state index in [1.54, 1.807) is 24.3 Å². The summed E-state index contributed by atoms with van der Waals surface area (Å²) in [5.41, 5.74) is 1.53. The van der Waals surface area contributed by atoms with Gasteiger partial charge in [-0.25, -0.2) is 8.42 Å². The molecule has 0 aromatic heterocycles. The number of rotatable bonds is 11. The van der Waals surface area contributed by atoms with E-state index in [0.29, 0.717) is 30.2 Å². The highest BCUT2D eigenvalue weighted by molar-refractivity contribution is 7.89. The summed E-state index contributed by atoms with van der Waals surface area (Å²) in [6, 6.07) is 14.2. The Balaban J connectivity index is 1.63. The first-order valence-electron chi connectivity index (χ1n) is 11.7. The minimum atomic E-state index is -3.49. The number of ketones is 1. The lowest BCUT2D eigenvalue weighted by Gasteiger charge is -2.31. The maximum Gasteiger partial charge on any atom is 0.243 e. The zero-order valence-electron chi connectivity index (χ0n) is 19.5. The molecule has 0 aliphatic carbocycles. The lowest BCUT2D eigenvalue weighted by atomic mass is 10.0. The molecule has 1 unspecified atom stereocenters. The van der Waals surface area contributed by atoms with Crippen LogP contribution in [-0.2, 0) is 10.0 Å². The monoisotopic (exact) mass is 491 g/mol. The Morgan fingerprint density at radius 3 is 2.27 bits per heavy atom. The molecule has 6 nitrogen and oxygen atoms in total. The van der Waals surface area contributed by atoms with Crippen molar-refractivity contribution >= 4 is 27.4 Å². The molecule has 0 bridgehead atoms. The molecule has 1 aliphatic heterocycles. The van der Waals surface area contributed by atoms with Gasteiger partial charge in [-0.05, 0) is 49.7 Å². The number of nitrogens with one attached hydrogen (secondary N) is 1. The molecule has 180 valence electrons. The van der Waals surface area contributed by atoms with E-state index in [-0.39, 0.29) is 23.3 Å². The van der Waals surface area contributed by atoms with Gasteiger partial charge < -0.3 is 5.32 Å². The fourth-order valence-electron chi connectivity index (χ4n) is 4.34. The molecule has 0 spiro atoms. The molecule has 1 heterocycles. The standard InChI is InChI=1S/C25H34ClN3O3S/c1-3-28(4-2)24(22-10-6-7-11-23(22)26)18-27-19-25(30)20-12-14-21(15-13-20)33(31,32)29-16-8-5-9-17-29/h6-7,10-15,24,27H,3-5,8-9,16-19H2,1-2H3. The van der Waals surface area contributed by atoms with Gasteiger partial charge in [0.05, 0.1) is 11.4 Å². The van der Waals surface area contributed by atoms with Crippen molar-refractivity contribution in [3.05, 3.63) is 64.7 Å². The Morgan fingerprint density at radius 2 is 1.67 bits per heavy atom. The molecule has 0 amide bonds. The van der Waals surface area contributed by atoms with Crippen molar-refractivity contribution < 1.29 is 13.2 Å². The highest BCUT2D eigenvalue weighted by atomic mass is 35.5. The number of piperidine rings is 1. The highest BCUT2D eigenvalue weighted by Crippen LogP contribution is 2.27. The van der Waals surface area contributed by atoms with Crippen molar-refractivity contribution in [1.82, 2.24) is 14.5 Å². The SMILES string of the molecule is CCN(CC)C(CNCC(=O)c1ccc(S(=O)(=O)N2CCCCC2)cc1)c1ccccc1Cl. The second-order valence-corrected chi connectivity index (χ2v) is 10.6. The zero-order valence-corrected chi connectivity index (χ0v) is 21.0. The third-order valence-electron chi connectivity index (χ3n) is 6.27. The summed E-state index contributed by atoms with van der Waals surface area (Å²) in [7, 11) is -3.49. The van der Waals surface area contributed by atoms with Gasteiger partial charge in [-0.15, -0.1) is 0 Å².